The van der Waals surface area contributed by atoms with Crippen LogP contribution >= 0.6 is 0 Å². The van der Waals surface area contributed by atoms with Gasteiger partial charge in [0.15, 0.2) is 0 Å². The van der Waals surface area contributed by atoms with Gasteiger partial charge < -0.3 is 4.90 Å². The highest BCUT2D eigenvalue weighted by Gasteiger charge is 2.29. The summed E-state index contributed by atoms with van der Waals surface area (Å²) in [5.74, 6) is -0.110. The van der Waals surface area contributed by atoms with Crippen LogP contribution in [0.4, 0.5) is 0 Å². The molecule has 0 saturated carbocycles. The molecule has 11 heteroatoms. The summed E-state index contributed by atoms with van der Waals surface area (Å²) in [6.07, 6.45) is 4.96. The lowest BCUT2D eigenvalue weighted by atomic mass is 10.2. The fourth-order valence-corrected chi connectivity index (χ4v) is 5.16. The lowest BCUT2D eigenvalue weighted by molar-refractivity contribution is -0.131. The van der Waals surface area contributed by atoms with E-state index in [0.29, 0.717) is 37.0 Å². The van der Waals surface area contributed by atoms with Crippen LogP contribution in [0.25, 0.3) is 10.9 Å². The van der Waals surface area contributed by atoms with Crippen molar-refractivity contribution in [2.45, 2.75) is 24.3 Å². The Labute approximate surface area is 179 Å². The molecular formula is C20H24N6O4S. The first-order valence-corrected chi connectivity index (χ1v) is 11.5. The third-order valence-corrected chi connectivity index (χ3v) is 7.28. The van der Waals surface area contributed by atoms with E-state index in [0.717, 1.165) is 0 Å². The molecule has 1 amide bonds. The van der Waals surface area contributed by atoms with Gasteiger partial charge in [0.1, 0.15) is 4.90 Å². The zero-order valence-electron chi connectivity index (χ0n) is 17.2. The lowest BCUT2D eigenvalue weighted by Crippen LogP contribution is -2.37. The van der Waals surface area contributed by atoms with Gasteiger partial charge in [0.05, 0.1) is 23.4 Å². The Morgan fingerprint density at radius 1 is 1.13 bits per heavy atom. The zero-order valence-corrected chi connectivity index (χ0v) is 18.0. The first-order valence-electron chi connectivity index (χ1n) is 10.1. The van der Waals surface area contributed by atoms with Gasteiger partial charge >= 0.3 is 0 Å². The van der Waals surface area contributed by atoms with Crippen LogP contribution < -0.4 is 5.56 Å². The molecule has 3 heterocycles. The minimum atomic E-state index is -3.64. The summed E-state index contributed by atoms with van der Waals surface area (Å²) in [7, 11) is -1.97. The second-order valence-corrected chi connectivity index (χ2v) is 9.44. The van der Waals surface area contributed by atoms with Crippen LogP contribution in [0.3, 0.4) is 0 Å². The van der Waals surface area contributed by atoms with Crippen LogP contribution in [0.2, 0.25) is 0 Å². The summed E-state index contributed by atoms with van der Waals surface area (Å²) in [6, 6.07) is 7.09. The Balaban J connectivity index is 1.39. The number of aryl methyl sites for hydroxylation is 2. The number of carbonyl (C=O) groups excluding carboxylic acids is 1. The number of amides is 1. The van der Waals surface area contributed by atoms with Crippen molar-refractivity contribution in [3.63, 3.8) is 0 Å². The number of nitrogens with zero attached hydrogens (tertiary/aromatic N) is 6. The standard InChI is InChI=1S/C20H24N6O4S/c1-23-14-16(13-22-23)31(29,30)26-9-4-8-24(11-12-26)19(27)7-10-25-15-21-18-6-3-2-5-17(18)20(25)28/h2-3,5-6,13-15H,4,7-12H2,1H3. The summed E-state index contributed by atoms with van der Waals surface area (Å²) in [5.41, 5.74) is 0.445. The Bertz CT molecular complexity index is 1270. The third kappa shape index (κ3) is 4.37. The first kappa shape index (κ1) is 21.2. The van der Waals surface area contributed by atoms with Crippen molar-refractivity contribution < 1.29 is 13.2 Å². The van der Waals surface area contributed by atoms with E-state index in [4.69, 9.17) is 0 Å². The van der Waals surface area contributed by atoms with Crippen molar-refractivity contribution in [2.24, 2.45) is 7.05 Å². The van der Waals surface area contributed by atoms with Crippen LogP contribution in [0.1, 0.15) is 12.8 Å². The highest BCUT2D eigenvalue weighted by atomic mass is 32.2. The largest absolute Gasteiger partial charge is 0.341 e. The molecule has 0 bridgehead atoms. The Morgan fingerprint density at radius 2 is 1.94 bits per heavy atom. The van der Waals surface area contributed by atoms with Gasteiger partial charge in [-0.15, -0.1) is 0 Å². The highest BCUT2D eigenvalue weighted by Crippen LogP contribution is 2.17. The maximum atomic E-state index is 12.8. The molecule has 10 nitrogen and oxygen atoms in total. The van der Waals surface area contributed by atoms with Gasteiger partial charge in [-0.05, 0) is 18.6 Å². The Kier molecular flexibility index (Phi) is 5.88. The molecular weight excluding hydrogens is 420 g/mol. The SMILES string of the molecule is Cn1cc(S(=O)(=O)N2CCCN(C(=O)CCn3cnc4ccccc4c3=O)CC2)cn1. The minimum Gasteiger partial charge on any atom is -0.341 e. The number of rotatable bonds is 5. The minimum absolute atomic E-state index is 0.110. The van der Waals surface area contributed by atoms with Crippen molar-refractivity contribution >= 4 is 26.8 Å². The van der Waals surface area contributed by atoms with Gasteiger partial charge in [0, 0.05) is 52.4 Å². The number of benzene rings is 1. The lowest BCUT2D eigenvalue weighted by Gasteiger charge is -2.21. The molecule has 164 valence electrons. The van der Waals surface area contributed by atoms with Gasteiger partial charge in [-0.1, -0.05) is 12.1 Å². The fraction of sp³-hybridized carbons (Fsp3) is 0.400. The number of sulfonamides is 1. The predicted octanol–water partition coefficient (Wildman–Crippen LogP) is 0.443. The number of para-hydroxylation sites is 1. The molecule has 1 aliphatic rings. The molecule has 3 aromatic rings. The summed E-state index contributed by atoms with van der Waals surface area (Å²) in [5, 5.41) is 4.45. The second kappa shape index (κ2) is 8.60. The maximum Gasteiger partial charge on any atom is 0.261 e. The van der Waals surface area contributed by atoms with Gasteiger partial charge in [-0.25, -0.2) is 13.4 Å². The quantitative estimate of drug-likeness (QED) is 0.565. The van der Waals surface area contributed by atoms with E-state index in [1.807, 2.05) is 6.07 Å². The molecule has 0 aliphatic carbocycles. The van der Waals surface area contributed by atoms with Gasteiger partial charge in [-0.3, -0.25) is 18.8 Å². The summed E-state index contributed by atoms with van der Waals surface area (Å²) < 4.78 is 29.9. The van der Waals surface area contributed by atoms with E-state index < -0.39 is 10.0 Å². The normalized spacial score (nSPS) is 15.8. The average molecular weight is 445 g/mol. The molecule has 1 aromatic carbocycles. The fourth-order valence-electron chi connectivity index (χ4n) is 3.70. The maximum absolute atomic E-state index is 12.8. The van der Waals surface area contributed by atoms with Gasteiger partial charge in [-0.2, -0.15) is 9.40 Å². The number of hydrogen-bond acceptors (Lipinski definition) is 6. The van der Waals surface area contributed by atoms with Crippen LogP contribution in [0.5, 0.6) is 0 Å². The molecule has 31 heavy (non-hydrogen) atoms. The Morgan fingerprint density at radius 3 is 2.71 bits per heavy atom. The first-order chi connectivity index (χ1) is 14.9. The molecule has 0 radical (unpaired) electrons. The van der Waals surface area contributed by atoms with Crippen molar-refractivity contribution in [1.82, 2.24) is 28.5 Å². The average Bonchev–Trinajstić information content (AvgIpc) is 3.05. The summed E-state index contributed by atoms with van der Waals surface area (Å²) in [6.45, 7) is 1.57. The molecule has 0 unspecified atom stereocenters. The summed E-state index contributed by atoms with van der Waals surface area (Å²) >= 11 is 0. The van der Waals surface area contributed by atoms with Crippen molar-refractivity contribution in [3.05, 3.63) is 53.3 Å². The highest BCUT2D eigenvalue weighted by molar-refractivity contribution is 7.89. The van der Waals surface area contributed by atoms with Gasteiger partial charge in [0.2, 0.25) is 15.9 Å². The zero-order chi connectivity index (χ0) is 22.0. The van der Waals surface area contributed by atoms with Crippen molar-refractivity contribution in [1.29, 1.82) is 0 Å². The number of carbonyl (C=O) groups is 1. The molecule has 1 fully saturated rings. The van der Waals surface area contributed by atoms with Crippen LogP contribution in [-0.2, 0) is 28.4 Å². The molecule has 0 atom stereocenters. The van der Waals surface area contributed by atoms with E-state index in [1.54, 1.807) is 30.1 Å². The molecule has 0 spiro atoms. The number of aromatic nitrogens is 4. The smallest absolute Gasteiger partial charge is 0.261 e. The van der Waals surface area contributed by atoms with E-state index in [2.05, 4.69) is 10.1 Å². The second-order valence-electron chi connectivity index (χ2n) is 7.50. The Hall–Kier alpha value is -3.05. The summed E-state index contributed by atoms with van der Waals surface area (Å²) in [4.78, 5) is 31.4. The monoisotopic (exact) mass is 444 g/mol. The number of fused-ring (bicyclic) bond motifs is 1. The molecule has 1 saturated heterocycles. The van der Waals surface area contributed by atoms with Crippen LogP contribution in [-0.4, -0.2) is 69.0 Å². The van der Waals surface area contributed by atoms with Crippen molar-refractivity contribution in [2.75, 3.05) is 26.2 Å². The topological polar surface area (TPSA) is 110 Å². The van der Waals surface area contributed by atoms with E-state index in [1.165, 1.54) is 32.3 Å². The van der Waals surface area contributed by atoms with Crippen molar-refractivity contribution in [3.8, 4) is 0 Å². The van der Waals surface area contributed by atoms with E-state index >= 15 is 0 Å². The van der Waals surface area contributed by atoms with E-state index in [-0.39, 0.29) is 35.9 Å². The van der Waals surface area contributed by atoms with Gasteiger partial charge in [0.25, 0.3) is 5.56 Å². The van der Waals surface area contributed by atoms with Crippen LogP contribution in [0, 0.1) is 0 Å². The molecule has 2 aromatic heterocycles. The number of hydrogen-bond donors (Lipinski definition) is 0. The van der Waals surface area contributed by atoms with Crippen LogP contribution in [0.15, 0.2) is 52.7 Å². The molecule has 4 rings (SSSR count). The van der Waals surface area contributed by atoms with E-state index in [9.17, 15) is 18.0 Å². The molecule has 0 N–H and O–H groups in total. The predicted molar refractivity (Wildman–Crippen MR) is 114 cm³/mol. The third-order valence-electron chi connectivity index (χ3n) is 5.42. The molecule has 1 aliphatic heterocycles.